The van der Waals surface area contributed by atoms with Crippen LogP contribution in [0.25, 0.3) is 4.85 Å². The maximum atomic E-state index is 9.76. The van der Waals surface area contributed by atoms with Crippen LogP contribution in [0, 0.1) is 6.57 Å². The molecule has 0 fully saturated rings. The first kappa shape index (κ1) is 13.1. The van der Waals surface area contributed by atoms with Gasteiger partial charge in [0, 0.05) is 0 Å². The third-order valence-electron chi connectivity index (χ3n) is 2.76. The number of aliphatic hydroxyl groups is 1. The van der Waals surface area contributed by atoms with Gasteiger partial charge in [-0.1, -0.05) is 42.5 Å². The molecule has 0 aliphatic carbocycles. The van der Waals surface area contributed by atoms with Crippen LogP contribution in [0.1, 0.15) is 17.2 Å². The summed E-state index contributed by atoms with van der Waals surface area (Å²) in [6.45, 7) is 7.32. The van der Waals surface area contributed by atoms with Crippen molar-refractivity contribution in [1.29, 1.82) is 0 Å². The van der Waals surface area contributed by atoms with E-state index in [1.54, 1.807) is 12.1 Å². The Bertz CT molecular complexity index is 560. The SMILES string of the molecule is [C-]#[N+]CC(O)c1cccc(OCc2ccccc2)c1. The van der Waals surface area contributed by atoms with Crippen LogP contribution in [0.2, 0.25) is 0 Å². The Hall–Kier alpha value is -2.31. The van der Waals surface area contributed by atoms with E-state index in [4.69, 9.17) is 11.3 Å². The van der Waals surface area contributed by atoms with Crippen molar-refractivity contribution < 1.29 is 9.84 Å². The van der Waals surface area contributed by atoms with Crippen molar-refractivity contribution in [3.8, 4) is 5.75 Å². The van der Waals surface area contributed by atoms with Crippen molar-refractivity contribution in [1.82, 2.24) is 0 Å². The zero-order chi connectivity index (χ0) is 13.5. The van der Waals surface area contributed by atoms with Gasteiger partial charge in [-0.2, -0.15) is 0 Å². The summed E-state index contributed by atoms with van der Waals surface area (Å²) in [7, 11) is 0. The minimum absolute atomic E-state index is 0.0716. The summed E-state index contributed by atoms with van der Waals surface area (Å²) in [5.41, 5.74) is 1.80. The summed E-state index contributed by atoms with van der Waals surface area (Å²) in [5.74, 6) is 0.699. The minimum atomic E-state index is -0.752. The maximum Gasteiger partial charge on any atom is 0.244 e. The number of rotatable bonds is 5. The number of hydrogen-bond donors (Lipinski definition) is 1. The van der Waals surface area contributed by atoms with Crippen LogP contribution in [0.5, 0.6) is 5.75 Å². The molecule has 0 bridgehead atoms. The summed E-state index contributed by atoms with van der Waals surface area (Å²) in [6.07, 6.45) is -0.752. The summed E-state index contributed by atoms with van der Waals surface area (Å²) in [5, 5.41) is 9.76. The Morgan fingerprint density at radius 1 is 1.11 bits per heavy atom. The molecule has 0 saturated heterocycles. The molecule has 3 heteroatoms. The number of ether oxygens (including phenoxy) is 1. The Morgan fingerprint density at radius 3 is 2.63 bits per heavy atom. The van der Waals surface area contributed by atoms with Gasteiger partial charge < -0.3 is 14.7 Å². The smallest absolute Gasteiger partial charge is 0.244 e. The molecule has 2 rings (SSSR count). The zero-order valence-electron chi connectivity index (χ0n) is 10.5. The monoisotopic (exact) mass is 253 g/mol. The largest absolute Gasteiger partial charge is 0.489 e. The molecule has 2 aromatic rings. The second-order valence-corrected chi connectivity index (χ2v) is 4.20. The normalized spacial score (nSPS) is 11.6. The van der Waals surface area contributed by atoms with Crippen molar-refractivity contribution >= 4 is 0 Å². The number of aliphatic hydroxyl groups excluding tert-OH is 1. The number of nitrogens with zero attached hydrogens (tertiary/aromatic N) is 1. The summed E-state index contributed by atoms with van der Waals surface area (Å²) < 4.78 is 5.67. The highest BCUT2D eigenvalue weighted by Gasteiger charge is 2.10. The van der Waals surface area contributed by atoms with Gasteiger partial charge in [-0.05, 0) is 23.3 Å². The summed E-state index contributed by atoms with van der Waals surface area (Å²) >= 11 is 0. The molecule has 0 aliphatic rings. The number of benzene rings is 2. The lowest BCUT2D eigenvalue weighted by Gasteiger charge is -2.09. The molecule has 0 spiro atoms. The van der Waals surface area contributed by atoms with E-state index in [2.05, 4.69) is 4.85 Å². The predicted molar refractivity (Wildman–Crippen MR) is 73.6 cm³/mol. The lowest BCUT2D eigenvalue weighted by molar-refractivity contribution is 0.194. The molecule has 1 unspecified atom stereocenters. The van der Waals surface area contributed by atoms with Gasteiger partial charge in [-0.3, -0.25) is 0 Å². The topological polar surface area (TPSA) is 33.8 Å². The van der Waals surface area contributed by atoms with Gasteiger partial charge in [0.05, 0.1) is 0 Å². The van der Waals surface area contributed by atoms with E-state index in [9.17, 15) is 5.11 Å². The second-order valence-electron chi connectivity index (χ2n) is 4.20. The van der Waals surface area contributed by atoms with Gasteiger partial charge in [0.1, 0.15) is 12.4 Å². The average molecular weight is 253 g/mol. The molecule has 0 radical (unpaired) electrons. The van der Waals surface area contributed by atoms with Gasteiger partial charge in [-0.25, -0.2) is 6.57 Å². The first-order chi connectivity index (χ1) is 9.29. The molecule has 1 atom stereocenters. The third-order valence-corrected chi connectivity index (χ3v) is 2.76. The van der Waals surface area contributed by atoms with E-state index in [1.165, 1.54) is 0 Å². The van der Waals surface area contributed by atoms with Gasteiger partial charge in [0.2, 0.25) is 6.54 Å². The van der Waals surface area contributed by atoms with Crippen LogP contribution in [0.3, 0.4) is 0 Å². The quantitative estimate of drug-likeness (QED) is 0.830. The maximum absolute atomic E-state index is 9.76. The van der Waals surface area contributed by atoms with E-state index < -0.39 is 6.10 Å². The van der Waals surface area contributed by atoms with Crippen LogP contribution < -0.4 is 4.74 Å². The van der Waals surface area contributed by atoms with Gasteiger partial charge >= 0.3 is 0 Å². The molecule has 0 aliphatic heterocycles. The number of hydrogen-bond acceptors (Lipinski definition) is 2. The predicted octanol–water partition coefficient (Wildman–Crippen LogP) is 3.22. The minimum Gasteiger partial charge on any atom is -0.489 e. The summed E-state index contributed by atoms with van der Waals surface area (Å²) in [6, 6.07) is 17.1. The van der Waals surface area contributed by atoms with Gasteiger partial charge in [0.15, 0.2) is 6.10 Å². The molecule has 3 nitrogen and oxygen atoms in total. The van der Waals surface area contributed by atoms with Crippen molar-refractivity contribution in [3.05, 3.63) is 77.1 Å². The van der Waals surface area contributed by atoms with Crippen LogP contribution in [0.15, 0.2) is 54.6 Å². The molecule has 96 valence electrons. The van der Waals surface area contributed by atoms with Crippen LogP contribution in [0.4, 0.5) is 0 Å². The van der Waals surface area contributed by atoms with E-state index >= 15 is 0 Å². The molecule has 1 N–H and O–H groups in total. The fourth-order valence-corrected chi connectivity index (χ4v) is 1.74. The molecule has 0 heterocycles. The molecular formula is C16H15NO2. The Labute approximate surface area is 112 Å². The average Bonchev–Trinajstić information content (AvgIpc) is 2.47. The Balaban J connectivity index is 2.01. The molecule has 0 saturated carbocycles. The van der Waals surface area contributed by atoms with Gasteiger partial charge in [-0.15, -0.1) is 0 Å². The van der Waals surface area contributed by atoms with Crippen LogP contribution in [-0.2, 0) is 6.61 Å². The van der Waals surface area contributed by atoms with Gasteiger partial charge in [0.25, 0.3) is 0 Å². The fourth-order valence-electron chi connectivity index (χ4n) is 1.74. The second kappa shape index (κ2) is 6.58. The summed E-state index contributed by atoms with van der Waals surface area (Å²) in [4.78, 5) is 3.19. The highest BCUT2D eigenvalue weighted by molar-refractivity contribution is 5.30. The highest BCUT2D eigenvalue weighted by Crippen LogP contribution is 2.20. The first-order valence-electron chi connectivity index (χ1n) is 6.07. The van der Waals surface area contributed by atoms with E-state index in [0.29, 0.717) is 17.9 Å². The zero-order valence-corrected chi connectivity index (χ0v) is 10.5. The lowest BCUT2D eigenvalue weighted by atomic mass is 10.1. The van der Waals surface area contributed by atoms with E-state index in [-0.39, 0.29) is 6.54 Å². The molecule has 0 amide bonds. The lowest BCUT2D eigenvalue weighted by Crippen LogP contribution is -2.01. The van der Waals surface area contributed by atoms with Crippen molar-refractivity contribution in [3.63, 3.8) is 0 Å². The highest BCUT2D eigenvalue weighted by atomic mass is 16.5. The standard InChI is InChI=1S/C16H15NO2/c1-17-11-16(18)14-8-5-9-15(10-14)19-12-13-6-3-2-4-7-13/h2-10,16,18H,11-12H2. The molecular weight excluding hydrogens is 238 g/mol. The van der Waals surface area contributed by atoms with Crippen molar-refractivity contribution in [2.75, 3.05) is 6.54 Å². The molecule has 19 heavy (non-hydrogen) atoms. The van der Waals surface area contributed by atoms with E-state index in [0.717, 1.165) is 5.56 Å². The first-order valence-corrected chi connectivity index (χ1v) is 6.07. The Morgan fingerprint density at radius 2 is 1.89 bits per heavy atom. The van der Waals surface area contributed by atoms with Crippen molar-refractivity contribution in [2.45, 2.75) is 12.7 Å². The Kier molecular flexibility index (Phi) is 4.54. The fraction of sp³-hybridized carbons (Fsp3) is 0.188. The molecule has 0 aromatic heterocycles. The third kappa shape index (κ3) is 3.84. The molecule has 2 aromatic carbocycles. The van der Waals surface area contributed by atoms with Crippen LogP contribution in [-0.4, -0.2) is 11.7 Å². The van der Waals surface area contributed by atoms with Crippen LogP contribution >= 0.6 is 0 Å². The van der Waals surface area contributed by atoms with E-state index in [1.807, 2.05) is 42.5 Å². The van der Waals surface area contributed by atoms with Crippen molar-refractivity contribution in [2.24, 2.45) is 0 Å².